The molecule has 1 amide bonds. The largest absolute Gasteiger partial charge is 0.480 e. The van der Waals surface area contributed by atoms with Crippen LogP contribution in [0.3, 0.4) is 0 Å². The Balaban J connectivity index is 3.86. The fourth-order valence-corrected chi connectivity index (χ4v) is 1.20. The quantitative estimate of drug-likeness (QED) is 0.350. The number of carboxylic acids is 1. The van der Waals surface area contributed by atoms with E-state index in [9.17, 15) is 9.59 Å². The molecule has 3 atom stereocenters. The maximum absolute atomic E-state index is 11.4. The zero-order chi connectivity index (χ0) is 13.4. The first-order chi connectivity index (χ1) is 7.88. The first-order valence-corrected chi connectivity index (χ1v) is 5.53. The number of carboxylic acid groups (broad SMARTS) is 1. The second-order valence-electron chi connectivity index (χ2n) is 4.05. The maximum Gasteiger partial charge on any atom is 0.325 e. The number of hydrogen-bond donors (Lipinski definition) is 5. The van der Waals surface area contributed by atoms with E-state index in [0.717, 1.165) is 0 Å². The average molecular weight is 247 g/mol. The number of nitrogens with one attached hydrogen (secondary N) is 1. The topological polar surface area (TPSA) is 139 Å². The third kappa shape index (κ3) is 6.88. The van der Waals surface area contributed by atoms with Crippen LogP contribution < -0.4 is 16.8 Å². The number of aliphatic hydroxyl groups is 1. The predicted octanol–water partition coefficient (Wildman–Crippen LogP) is -1.61. The molecule has 0 saturated heterocycles. The van der Waals surface area contributed by atoms with Crippen LogP contribution in [0, 0.1) is 0 Å². The van der Waals surface area contributed by atoms with Gasteiger partial charge in [-0.25, -0.2) is 0 Å². The standard InChI is InChI=1S/C10H21N3O4/c1-6(10(16)17)13-9(15)8(12)4-2-3-7(11)5-14/h6-8,14H,2-5,11-12H2,1H3,(H,13,15)(H,16,17)/t6-,7?,8?/m0/s1. The van der Waals surface area contributed by atoms with Crippen LogP contribution in [0.25, 0.3) is 0 Å². The van der Waals surface area contributed by atoms with Gasteiger partial charge in [0.15, 0.2) is 0 Å². The van der Waals surface area contributed by atoms with Crippen LogP contribution in [-0.2, 0) is 9.59 Å². The molecule has 0 saturated carbocycles. The summed E-state index contributed by atoms with van der Waals surface area (Å²) in [5, 5.41) is 19.6. The van der Waals surface area contributed by atoms with Crippen LogP contribution >= 0.6 is 0 Å². The number of carbonyl (C=O) groups excluding carboxylic acids is 1. The van der Waals surface area contributed by atoms with Crippen LogP contribution in [0.5, 0.6) is 0 Å². The second kappa shape index (κ2) is 7.99. The Hall–Kier alpha value is -1.18. The first-order valence-electron chi connectivity index (χ1n) is 5.53. The van der Waals surface area contributed by atoms with Crippen LogP contribution in [0.15, 0.2) is 0 Å². The van der Waals surface area contributed by atoms with E-state index in [-0.39, 0.29) is 12.6 Å². The monoisotopic (exact) mass is 247 g/mol. The Kier molecular flexibility index (Phi) is 7.44. The van der Waals surface area contributed by atoms with Crippen molar-refractivity contribution in [2.45, 2.75) is 44.3 Å². The molecule has 0 heterocycles. The third-order valence-corrected chi connectivity index (χ3v) is 2.39. The van der Waals surface area contributed by atoms with Gasteiger partial charge in [0.1, 0.15) is 6.04 Å². The summed E-state index contributed by atoms with van der Waals surface area (Å²) in [5.74, 6) is -1.59. The first kappa shape index (κ1) is 15.8. The minimum Gasteiger partial charge on any atom is -0.480 e. The molecule has 0 aliphatic rings. The summed E-state index contributed by atoms with van der Waals surface area (Å²) >= 11 is 0. The van der Waals surface area contributed by atoms with Gasteiger partial charge >= 0.3 is 5.97 Å². The van der Waals surface area contributed by atoms with Crippen molar-refractivity contribution >= 4 is 11.9 Å². The molecule has 2 unspecified atom stereocenters. The summed E-state index contributed by atoms with van der Waals surface area (Å²) < 4.78 is 0. The van der Waals surface area contributed by atoms with Crippen molar-refractivity contribution in [1.29, 1.82) is 0 Å². The molecular weight excluding hydrogens is 226 g/mol. The van der Waals surface area contributed by atoms with Crippen molar-refractivity contribution in [1.82, 2.24) is 5.32 Å². The smallest absolute Gasteiger partial charge is 0.325 e. The zero-order valence-electron chi connectivity index (χ0n) is 9.93. The highest BCUT2D eigenvalue weighted by Gasteiger charge is 2.19. The van der Waals surface area contributed by atoms with E-state index in [0.29, 0.717) is 19.3 Å². The molecule has 0 spiro atoms. The van der Waals surface area contributed by atoms with E-state index >= 15 is 0 Å². The van der Waals surface area contributed by atoms with Crippen molar-refractivity contribution in [2.24, 2.45) is 11.5 Å². The van der Waals surface area contributed by atoms with Crippen LogP contribution in [0.2, 0.25) is 0 Å². The van der Waals surface area contributed by atoms with Gasteiger partial charge in [0.2, 0.25) is 5.91 Å². The highest BCUT2D eigenvalue weighted by atomic mass is 16.4. The van der Waals surface area contributed by atoms with Crippen LogP contribution in [0.4, 0.5) is 0 Å². The van der Waals surface area contributed by atoms with Gasteiger partial charge in [-0.15, -0.1) is 0 Å². The molecule has 17 heavy (non-hydrogen) atoms. The molecule has 0 rings (SSSR count). The molecule has 0 aromatic rings. The lowest BCUT2D eigenvalue weighted by molar-refractivity contribution is -0.141. The minimum absolute atomic E-state index is 0.0997. The summed E-state index contributed by atoms with van der Waals surface area (Å²) in [6.07, 6.45) is 1.59. The molecule has 0 fully saturated rings. The lowest BCUT2D eigenvalue weighted by atomic mass is 10.1. The van der Waals surface area contributed by atoms with E-state index in [1.807, 2.05) is 0 Å². The molecule has 7 N–H and O–H groups in total. The van der Waals surface area contributed by atoms with Gasteiger partial charge in [0.25, 0.3) is 0 Å². The lowest BCUT2D eigenvalue weighted by Gasteiger charge is -2.15. The summed E-state index contributed by atoms with van der Waals surface area (Å²) in [5.41, 5.74) is 11.1. The Morgan fingerprint density at radius 2 is 1.88 bits per heavy atom. The molecule has 7 heteroatoms. The zero-order valence-corrected chi connectivity index (χ0v) is 9.93. The van der Waals surface area contributed by atoms with Crippen molar-refractivity contribution in [3.05, 3.63) is 0 Å². The van der Waals surface area contributed by atoms with Gasteiger partial charge in [-0.1, -0.05) is 0 Å². The molecule has 7 nitrogen and oxygen atoms in total. The number of rotatable bonds is 8. The van der Waals surface area contributed by atoms with Crippen molar-refractivity contribution in [3.8, 4) is 0 Å². The molecule has 0 aliphatic heterocycles. The molecule has 0 bridgehead atoms. The SMILES string of the molecule is C[C@H](NC(=O)C(N)CCCC(N)CO)C(=O)O. The van der Waals surface area contributed by atoms with Crippen molar-refractivity contribution < 1.29 is 19.8 Å². The van der Waals surface area contributed by atoms with E-state index < -0.39 is 24.0 Å². The highest BCUT2D eigenvalue weighted by molar-refractivity contribution is 5.86. The number of nitrogens with two attached hydrogens (primary N) is 2. The Labute approximate surface area is 100 Å². The number of hydrogen-bond acceptors (Lipinski definition) is 5. The van der Waals surface area contributed by atoms with E-state index in [1.54, 1.807) is 0 Å². The van der Waals surface area contributed by atoms with Gasteiger partial charge in [-0.3, -0.25) is 9.59 Å². The van der Waals surface area contributed by atoms with Gasteiger partial charge in [-0.05, 0) is 26.2 Å². The normalized spacial score (nSPS) is 16.0. The van der Waals surface area contributed by atoms with Gasteiger partial charge < -0.3 is 27.0 Å². The summed E-state index contributed by atoms with van der Waals surface area (Å²) in [4.78, 5) is 21.9. The summed E-state index contributed by atoms with van der Waals surface area (Å²) in [6, 6.07) is -2.00. The second-order valence-corrected chi connectivity index (χ2v) is 4.05. The number of carbonyl (C=O) groups is 2. The van der Waals surface area contributed by atoms with Gasteiger partial charge in [0, 0.05) is 6.04 Å². The van der Waals surface area contributed by atoms with Crippen molar-refractivity contribution in [3.63, 3.8) is 0 Å². The van der Waals surface area contributed by atoms with E-state index in [1.165, 1.54) is 6.92 Å². The number of aliphatic carboxylic acids is 1. The molecule has 0 aliphatic carbocycles. The van der Waals surface area contributed by atoms with Crippen molar-refractivity contribution in [2.75, 3.05) is 6.61 Å². The van der Waals surface area contributed by atoms with Gasteiger partial charge in [0.05, 0.1) is 12.6 Å². The molecule has 100 valence electrons. The van der Waals surface area contributed by atoms with Crippen LogP contribution in [-0.4, -0.2) is 46.8 Å². The average Bonchev–Trinajstić information content (AvgIpc) is 2.28. The fourth-order valence-electron chi connectivity index (χ4n) is 1.20. The minimum atomic E-state index is -1.10. The Morgan fingerprint density at radius 1 is 1.29 bits per heavy atom. The molecule has 0 radical (unpaired) electrons. The third-order valence-electron chi connectivity index (χ3n) is 2.39. The Morgan fingerprint density at radius 3 is 2.35 bits per heavy atom. The van der Waals surface area contributed by atoms with E-state index in [4.69, 9.17) is 21.7 Å². The molecule has 0 aromatic heterocycles. The fraction of sp³-hybridized carbons (Fsp3) is 0.800. The molecule has 0 aromatic carbocycles. The lowest BCUT2D eigenvalue weighted by Crippen LogP contribution is -2.47. The highest BCUT2D eigenvalue weighted by Crippen LogP contribution is 2.02. The van der Waals surface area contributed by atoms with E-state index in [2.05, 4.69) is 5.32 Å². The Bertz CT molecular complexity index is 260. The summed E-state index contributed by atoms with van der Waals surface area (Å²) in [7, 11) is 0. The van der Waals surface area contributed by atoms with Gasteiger partial charge in [-0.2, -0.15) is 0 Å². The number of amides is 1. The molecular formula is C10H21N3O4. The number of aliphatic hydroxyl groups excluding tert-OH is 1. The summed E-state index contributed by atoms with van der Waals surface area (Å²) in [6.45, 7) is 1.27. The van der Waals surface area contributed by atoms with Crippen LogP contribution in [0.1, 0.15) is 26.2 Å². The maximum atomic E-state index is 11.4. The predicted molar refractivity (Wildman–Crippen MR) is 62.1 cm³/mol.